The van der Waals surface area contributed by atoms with Crippen LogP contribution in [0.2, 0.25) is 0 Å². The molecular weight excluding hydrogens is 437 g/mol. The van der Waals surface area contributed by atoms with Gasteiger partial charge in [-0.1, -0.05) is 96.4 Å². The van der Waals surface area contributed by atoms with Crippen molar-refractivity contribution in [2.24, 2.45) is 0 Å². The molecule has 0 bridgehead atoms. The van der Waals surface area contributed by atoms with E-state index in [0.29, 0.717) is 10.6 Å². The summed E-state index contributed by atoms with van der Waals surface area (Å²) in [5, 5.41) is 1.25. The highest BCUT2D eigenvalue weighted by atomic mass is 32.2. The molecule has 0 fully saturated rings. The molecule has 3 aromatic rings. The van der Waals surface area contributed by atoms with Crippen molar-refractivity contribution in [3.63, 3.8) is 0 Å². The lowest BCUT2D eigenvalue weighted by Crippen LogP contribution is -2.31. The average molecular weight is 464 g/mol. The fourth-order valence-corrected chi connectivity index (χ4v) is 6.45. The topological polar surface area (TPSA) is 54.5 Å². The van der Waals surface area contributed by atoms with Crippen LogP contribution >= 0.6 is 7.14 Å². The normalized spacial score (nSPS) is 12.0. The van der Waals surface area contributed by atoms with Gasteiger partial charge in [-0.2, -0.15) is 4.31 Å². The van der Waals surface area contributed by atoms with E-state index >= 15 is 0 Å². The molecule has 0 atom stereocenters. The lowest BCUT2D eigenvalue weighted by atomic mass is 10.2. The highest BCUT2D eigenvalue weighted by molar-refractivity contribution is 7.89. The molecule has 32 heavy (non-hydrogen) atoms. The monoisotopic (exact) mass is 463 g/mol. The number of allylic oxidation sites excluding steroid dienone is 1. The van der Waals surface area contributed by atoms with Crippen LogP contribution in [0.15, 0.2) is 102 Å². The first-order chi connectivity index (χ1) is 15.4. The van der Waals surface area contributed by atoms with E-state index in [1.165, 1.54) is 4.31 Å². The van der Waals surface area contributed by atoms with Crippen LogP contribution in [0.1, 0.15) is 12.5 Å². The summed E-state index contributed by atoms with van der Waals surface area (Å²) in [5.74, 6) is 2.92. The molecule has 4 nitrogen and oxygen atoms in total. The maximum atomic E-state index is 14.0. The van der Waals surface area contributed by atoms with Gasteiger partial charge in [-0.15, -0.1) is 0 Å². The van der Waals surface area contributed by atoms with Crippen molar-refractivity contribution in [3.05, 3.63) is 103 Å². The highest BCUT2D eigenvalue weighted by Crippen LogP contribution is 2.41. The molecular formula is C26H26NO3PS. The molecule has 0 heterocycles. The van der Waals surface area contributed by atoms with Gasteiger partial charge < -0.3 is 0 Å². The Balaban J connectivity index is 1.98. The number of aryl methyl sites for hydroxylation is 1. The van der Waals surface area contributed by atoms with Gasteiger partial charge in [-0.25, -0.2) is 8.42 Å². The average Bonchev–Trinajstić information content (AvgIpc) is 2.82. The molecule has 3 rings (SSSR count). The quantitative estimate of drug-likeness (QED) is 0.294. The molecule has 0 aliphatic heterocycles. The lowest BCUT2D eigenvalue weighted by molar-refractivity contribution is 0.478. The van der Waals surface area contributed by atoms with Gasteiger partial charge in [-0.3, -0.25) is 4.57 Å². The molecule has 0 unspecified atom stereocenters. The van der Waals surface area contributed by atoms with Crippen LogP contribution in [0.3, 0.4) is 0 Å². The highest BCUT2D eigenvalue weighted by Gasteiger charge is 2.26. The number of hydrogen-bond acceptors (Lipinski definition) is 3. The zero-order valence-corrected chi connectivity index (χ0v) is 19.9. The molecule has 164 valence electrons. The van der Waals surface area contributed by atoms with Crippen molar-refractivity contribution in [3.8, 4) is 11.6 Å². The van der Waals surface area contributed by atoms with E-state index in [2.05, 4.69) is 11.6 Å². The number of rotatable bonds is 7. The predicted octanol–water partition coefficient (Wildman–Crippen LogP) is 4.54. The predicted molar refractivity (Wildman–Crippen MR) is 132 cm³/mol. The Morgan fingerprint density at radius 3 is 1.91 bits per heavy atom. The number of benzene rings is 3. The minimum Gasteiger partial charge on any atom is -0.300 e. The van der Waals surface area contributed by atoms with E-state index in [4.69, 9.17) is 0 Å². The summed E-state index contributed by atoms with van der Waals surface area (Å²) in [6, 6.07) is 24.9. The van der Waals surface area contributed by atoms with E-state index in [-0.39, 0.29) is 18.0 Å². The second-order valence-electron chi connectivity index (χ2n) is 7.25. The van der Waals surface area contributed by atoms with Gasteiger partial charge in [0.05, 0.1) is 11.4 Å². The van der Waals surface area contributed by atoms with Crippen LogP contribution in [0.25, 0.3) is 0 Å². The van der Waals surface area contributed by atoms with Crippen molar-refractivity contribution in [2.75, 3.05) is 13.1 Å². The number of hydrogen-bond donors (Lipinski definition) is 0. The van der Waals surface area contributed by atoms with Gasteiger partial charge in [0.25, 0.3) is 0 Å². The van der Waals surface area contributed by atoms with E-state index < -0.39 is 17.2 Å². The molecule has 0 spiro atoms. The van der Waals surface area contributed by atoms with E-state index in [0.717, 1.165) is 5.56 Å². The fourth-order valence-electron chi connectivity index (χ4n) is 3.12. The Morgan fingerprint density at radius 1 is 0.875 bits per heavy atom. The van der Waals surface area contributed by atoms with Crippen molar-refractivity contribution in [1.29, 1.82) is 0 Å². The molecule has 3 aromatic carbocycles. The van der Waals surface area contributed by atoms with Crippen LogP contribution in [0.4, 0.5) is 0 Å². The first kappa shape index (κ1) is 23.8. The van der Waals surface area contributed by atoms with E-state index in [9.17, 15) is 13.0 Å². The van der Waals surface area contributed by atoms with Gasteiger partial charge in [0.1, 0.15) is 0 Å². The van der Waals surface area contributed by atoms with Crippen LogP contribution in [-0.2, 0) is 14.6 Å². The smallest absolute Gasteiger partial charge is 0.244 e. The summed E-state index contributed by atoms with van der Waals surface area (Å²) in [7, 11) is -6.98. The summed E-state index contributed by atoms with van der Waals surface area (Å²) >= 11 is 0. The van der Waals surface area contributed by atoms with E-state index in [1.807, 2.05) is 50.2 Å². The molecule has 0 N–H and O–H groups in total. The maximum Gasteiger partial charge on any atom is 0.244 e. The summed E-state index contributed by atoms with van der Waals surface area (Å²) < 4.78 is 41.7. The molecule has 0 saturated carbocycles. The summed E-state index contributed by atoms with van der Waals surface area (Å²) in [4.78, 5) is 0.212. The Kier molecular flexibility index (Phi) is 7.88. The Bertz CT molecular complexity index is 1230. The third-order valence-electron chi connectivity index (χ3n) is 4.94. The van der Waals surface area contributed by atoms with Crippen LogP contribution in [0, 0.1) is 18.5 Å². The van der Waals surface area contributed by atoms with Gasteiger partial charge in [-0.05, 0) is 31.6 Å². The maximum absolute atomic E-state index is 14.0. The van der Waals surface area contributed by atoms with Crippen molar-refractivity contribution in [1.82, 2.24) is 4.31 Å². The van der Waals surface area contributed by atoms with Crippen molar-refractivity contribution < 1.29 is 13.0 Å². The van der Waals surface area contributed by atoms with Crippen LogP contribution < -0.4 is 10.6 Å². The molecule has 0 amide bonds. The van der Waals surface area contributed by atoms with Gasteiger partial charge in [0, 0.05) is 17.2 Å². The van der Waals surface area contributed by atoms with Gasteiger partial charge >= 0.3 is 0 Å². The third kappa shape index (κ3) is 5.47. The second kappa shape index (κ2) is 10.6. The van der Waals surface area contributed by atoms with Crippen LogP contribution in [0.5, 0.6) is 0 Å². The zero-order chi connectivity index (χ0) is 23.0. The standard InChI is InChI=1S/C26H26NO3PS/c1-3-4-20-27(32(29,30)26-18-16-23(2)17-19-26)21-11-22-31(28,24-12-7-5-8-13-24)25-14-9-6-10-15-25/h3-10,12-19H,20-21H2,1-2H3/b4-3+. The Morgan fingerprint density at radius 2 is 1.41 bits per heavy atom. The molecule has 0 aliphatic carbocycles. The second-order valence-corrected chi connectivity index (χ2v) is 11.7. The minimum atomic E-state index is -3.75. The Labute approximate surface area is 191 Å². The SMILES string of the molecule is C/C=C/CN(CC#CP(=O)(c1ccccc1)c1ccccc1)S(=O)(=O)c1ccc(C)cc1. The molecule has 0 saturated heterocycles. The Hall–Kier alpha value is -2.90. The minimum absolute atomic E-state index is 0.0653. The summed E-state index contributed by atoms with van der Waals surface area (Å²) in [6.07, 6.45) is 3.56. The zero-order valence-electron chi connectivity index (χ0n) is 18.2. The lowest BCUT2D eigenvalue weighted by Gasteiger charge is -2.19. The fraction of sp³-hybridized carbons (Fsp3) is 0.154. The number of sulfonamides is 1. The van der Waals surface area contributed by atoms with Gasteiger partial charge in [0.2, 0.25) is 17.2 Å². The largest absolute Gasteiger partial charge is 0.300 e. The van der Waals surface area contributed by atoms with E-state index in [1.54, 1.807) is 60.7 Å². The molecule has 0 aliphatic rings. The summed E-state index contributed by atoms with van der Waals surface area (Å²) in [6.45, 7) is 3.86. The van der Waals surface area contributed by atoms with Crippen LogP contribution in [-0.4, -0.2) is 25.8 Å². The molecule has 0 aromatic heterocycles. The molecule has 0 radical (unpaired) electrons. The third-order valence-corrected chi connectivity index (χ3v) is 9.28. The first-order valence-electron chi connectivity index (χ1n) is 10.3. The van der Waals surface area contributed by atoms with Gasteiger partial charge in [0.15, 0.2) is 0 Å². The van der Waals surface area contributed by atoms with Crippen molar-refractivity contribution in [2.45, 2.75) is 18.7 Å². The summed E-state index contributed by atoms with van der Waals surface area (Å²) in [5.41, 5.74) is 3.93. The van der Waals surface area contributed by atoms with Crippen molar-refractivity contribution >= 4 is 27.8 Å². The number of nitrogens with zero attached hydrogens (tertiary/aromatic N) is 1. The molecule has 6 heteroatoms. The first-order valence-corrected chi connectivity index (χ1v) is 13.4.